The molecule has 0 aromatic heterocycles. The summed E-state index contributed by atoms with van der Waals surface area (Å²) in [5.74, 6) is -0.518. The Kier molecular flexibility index (Phi) is 4.05. The summed E-state index contributed by atoms with van der Waals surface area (Å²) in [6.45, 7) is 4.00. The summed E-state index contributed by atoms with van der Waals surface area (Å²) in [5.41, 5.74) is -0.240. The van der Waals surface area contributed by atoms with Gasteiger partial charge in [0.1, 0.15) is 6.29 Å². The molecule has 0 aliphatic heterocycles. The van der Waals surface area contributed by atoms with Gasteiger partial charge in [0.05, 0.1) is 18.4 Å². The van der Waals surface area contributed by atoms with E-state index in [1.54, 1.807) is 0 Å². The maximum atomic E-state index is 11.9. The number of hydrogen-bond donors (Lipinski definition) is 2. The fourth-order valence-electron chi connectivity index (χ4n) is 4.53. The summed E-state index contributed by atoms with van der Waals surface area (Å²) < 4.78 is 0. The Balaban J connectivity index is 2.48. The molecule has 0 heterocycles. The van der Waals surface area contributed by atoms with Crippen LogP contribution in [0.1, 0.15) is 46.0 Å². The number of aldehydes is 1. The topological polar surface area (TPSA) is 74.6 Å². The number of aliphatic hydroxyl groups excluding tert-OH is 1. The van der Waals surface area contributed by atoms with Gasteiger partial charge in [0.25, 0.3) is 0 Å². The molecule has 4 nitrogen and oxygen atoms in total. The maximum absolute atomic E-state index is 11.9. The first kappa shape index (κ1) is 15.2. The summed E-state index contributed by atoms with van der Waals surface area (Å²) in [6, 6.07) is 0. The monoisotopic (exact) mass is 280 g/mol. The minimum absolute atomic E-state index is 0.0134. The number of rotatable bonds is 4. The molecular weight excluding hydrogens is 256 g/mol. The van der Waals surface area contributed by atoms with Crippen LogP contribution in [-0.2, 0) is 9.59 Å². The third-order valence-corrected chi connectivity index (χ3v) is 5.89. The molecule has 0 aromatic carbocycles. The summed E-state index contributed by atoms with van der Waals surface area (Å²) in [6.07, 6.45) is 6.24. The summed E-state index contributed by atoms with van der Waals surface area (Å²) in [7, 11) is 0. The molecule has 112 valence electrons. The zero-order chi connectivity index (χ0) is 15.0. The van der Waals surface area contributed by atoms with Gasteiger partial charge >= 0.3 is 5.97 Å². The SMILES string of the molecule is C[C@@H]1CC[C@]2(C=O)C(CO)=CCC[C@H]2[C@]1(C)CC(=O)O. The minimum Gasteiger partial charge on any atom is -0.481 e. The van der Waals surface area contributed by atoms with E-state index < -0.39 is 11.4 Å². The van der Waals surface area contributed by atoms with Gasteiger partial charge in [-0.25, -0.2) is 0 Å². The molecule has 2 aliphatic carbocycles. The standard InChI is InChI=1S/C16H24O4/c1-11-6-7-16(10-18)12(9-17)4-3-5-13(16)15(11,2)8-14(19)20/h4,10-11,13,17H,3,5-9H2,1-2H3,(H,19,20)/t11-,13+,15-,16+/m1/s1. The smallest absolute Gasteiger partial charge is 0.303 e. The molecule has 0 aromatic rings. The molecule has 4 heteroatoms. The Morgan fingerprint density at radius 1 is 1.50 bits per heavy atom. The number of aliphatic carboxylic acids is 1. The highest BCUT2D eigenvalue weighted by atomic mass is 16.4. The van der Waals surface area contributed by atoms with E-state index in [1.807, 2.05) is 13.0 Å². The molecule has 2 rings (SSSR count). The van der Waals surface area contributed by atoms with Crippen LogP contribution in [0.3, 0.4) is 0 Å². The first-order valence-electron chi connectivity index (χ1n) is 7.39. The van der Waals surface area contributed by atoms with Gasteiger partial charge in [-0.15, -0.1) is 0 Å². The molecular formula is C16H24O4. The van der Waals surface area contributed by atoms with Crippen molar-refractivity contribution in [3.8, 4) is 0 Å². The maximum Gasteiger partial charge on any atom is 0.303 e. The number of hydrogen-bond acceptors (Lipinski definition) is 3. The van der Waals surface area contributed by atoms with E-state index in [9.17, 15) is 19.8 Å². The lowest BCUT2D eigenvalue weighted by Crippen LogP contribution is -2.53. The van der Waals surface area contributed by atoms with Crippen molar-refractivity contribution in [1.29, 1.82) is 0 Å². The molecule has 0 amide bonds. The van der Waals surface area contributed by atoms with Crippen molar-refractivity contribution in [3.63, 3.8) is 0 Å². The Hall–Kier alpha value is -1.16. The van der Waals surface area contributed by atoms with E-state index in [2.05, 4.69) is 6.92 Å². The van der Waals surface area contributed by atoms with Gasteiger partial charge in [-0.1, -0.05) is 19.9 Å². The predicted molar refractivity (Wildman–Crippen MR) is 75.1 cm³/mol. The van der Waals surface area contributed by atoms with Crippen molar-refractivity contribution in [1.82, 2.24) is 0 Å². The molecule has 0 radical (unpaired) electrons. The number of allylic oxidation sites excluding steroid dienone is 1. The van der Waals surface area contributed by atoms with E-state index >= 15 is 0 Å². The average molecular weight is 280 g/mol. The Morgan fingerprint density at radius 3 is 2.75 bits per heavy atom. The van der Waals surface area contributed by atoms with Gasteiger partial charge in [0, 0.05) is 0 Å². The van der Waals surface area contributed by atoms with Crippen molar-refractivity contribution in [3.05, 3.63) is 11.6 Å². The molecule has 0 bridgehead atoms. The normalized spacial score (nSPS) is 40.6. The third kappa shape index (κ3) is 2.10. The average Bonchev–Trinajstić information content (AvgIpc) is 2.42. The summed E-state index contributed by atoms with van der Waals surface area (Å²) >= 11 is 0. The highest BCUT2D eigenvalue weighted by Crippen LogP contribution is 2.60. The lowest BCUT2D eigenvalue weighted by Gasteiger charge is -2.56. The molecule has 4 atom stereocenters. The summed E-state index contributed by atoms with van der Waals surface area (Å²) in [4.78, 5) is 23.2. The lowest BCUT2D eigenvalue weighted by molar-refractivity contribution is -0.149. The van der Waals surface area contributed by atoms with E-state index in [-0.39, 0.29) is 30.3 Å². The van der Waals surface area contributed by atoms with Gasteiger partial charge in [-0.2, -0.15) is 0 Å². The van der Waals surface area contributed by atoms with E-state index in [0.29, 0.717) is 0 Å². The largest absolute Gasteiger partial charge is 0.481 e. The predicted octanol–water partition coefficient (Wildman–Crippen LogP) is 2.41. The van der Waals surface area contributed by atoms with Gasteiger partial charge in [-0.05, 0) is 48.5 Å². The van der Waals surface area contributed by atoms with Crippen molar-refractivity contribution in [2.24, 2.45) is 22.7 Å². The van der Waals surface area contributed by atoms with Gasteiger partial charge in [0.15, 0.2) is 0 Å². The van der Waals surface area contributed by atoms with Crippen molar-refractivity contribution >= 4 is 12.3 Å². The molecule has 0 spiro atoms. The van der Waals surface area contributed by atoms with Gasteiger partial charge < -0.3 is 15.0 Å². The second-order valence-electron chi connectivity index (χ2n) is 6.69. The van der Waals surface area contributed by atoms with Crippen molar-refractivity contribution in [2.75, 3.05) is 6.61 Å². The van der Waals surface area contributed by atoms with Crippen LogP contribution < -0.4 is 0 Å². The number of carbonyl (C=O) groups excluding carboxylic acids is 1. The van der Waals surface area contributed by atoms with Crippen LogP contribution in [0.4, 0.5) is 0 Å². The molecule has 20 heavy (non-hydrogen) atoms. The van der Waals surface area contributed by atoms with Gasteiger partial charge in [0.2, 0.25) is 0 Å². The summed E-state index contributed by atoms with van der Waals surface area (Å²) in [5, 5.41) is 18.9. The van der Waals surface area contributed by atoms with Crippen LogP contribution in [-0.4, -0.2) is 29.1 Å². The van der Waals surface area contributed by atoms with Crippen LogP contribution in [0.25, 0.3) is 0 Å². The second-order valence-corrected chi connectivity index (χ2v) is 6.69. The fraction of sp³-hybridized carbons (Fsp3) is 0.750. The number of carboxylic acid groups (broad SMARTS) is 1. The van der Waals surface area contributed by atoms with E-state index in [4.69, 9.17) is 0 Å². The zero-order valence-corrected chi connectivity index (χ0v) is 12.3. The van der Waals surface area contributed by atoms with Crippen molar-refractivity contribution < 1.29 is 19.8 Å². The molecule has 1 fully saturated rings. The third-order valence-electron chi connectivity index (χ3n) is 5.89. The van der Waals surface area contributed by atoms with Crippen LogP contribution in [0.5, 0.6) is 0 Å². The van der Waals surface area contributed by atoms with Crippen LogP contribution in [0.2, 0.25) is 0 Å². The first-order chi connectivity index (χ1) is 9.40. The highest BCUT2D eigenvalue weighted by Gasteiger charge is 2.56. The van der Waals surface area contributed by atoms with Crippen LogP contribution >= 0.6 is 0 Å². The first-order valence-corrected chi connectivity index (χ1v) is 7.39. The molecule has 2 N–H and O–H groups in total. The minimum atomic E-state index is -0.804. The number of carboxylic acids is 1. The number of fused-ring (bicyclic) bond motifs is 1. The molecule has 0 saturated heterocycles. The molecule has 1 saturated carbocycles. The number of aliphatic hydroxyl groups is 1. The van der Waals surface area contributed by atoms with Crippen molar-refractivity contribution in [2.45, 2.75) is 46.0 Å². The lowest BCUT2D eigenvalue weighted by atomic mass is 9.47. The zero-order valence-electron chi connectivity index (χ0n) is 12.3. The quantitative estimate of drug-likeness (QED) is 0.612. The Labute approximate surface area is 119 Å². The molecule has 0 unspecified atom stereocenters. The number of carbonyl (C=O) groups is 2. The highest BCUT2D eigenvalue weighted by molar-refractivity contribution is 5.70. The van der Waals surface area contributed by atoms with Crippen LogP contribution in [0.15, 0.2) is 11.6 Å². The Bertz CT molecular complexity index is 442. The van der Waals surface area contributed by atoms with Gasteiger partial charge in [-0.3, -0.25) is 4.79 Å². The van der Waals surface area contributed by atoms with E-state index in [1.165, 1.54) is 0 Å². The van der Waals surface area contributed by atoms with E-state index in [0.717, 1.165) is 37.5 Å². The Morgan fingerprint density at radius 2 is 2.20 bits per heavy atom. The fourth-order valence-corrected chi connectivity index (χ4v) is 4.53. The van der Waals surface area contributed by atoms with Crippen LogP contribution in [0, 0.1) is 22.7 Å². The molecule has 2 aliphatic rings. The second kappa shape index (κ2) is 5.32.